The number of aromatic nitrogens is 1. The first kappa shape index (κ1) is 13.6. The number of rotatable bonds is 4. The Morgan fingerprint density at radius 1 is 1.32 bits per heavy atom. The van der Waals surface area contributed by atoms with Crippen LogP contribution in [0, 0.1) is 5.92 Å². The summed E-state index contributed by atoms with van der Waals surface area (Å²) in [7, 11) is 0. The predicted octanol–water partition coefficient (Wildman–Crippen LogP) is 2.08. The normalized spacial score (nSPS) is 23.4. The maximum atomic E-state index is 12.0. The highest BCUT2D eigenvalue weighted by Gasteiger charge is 2.39. The Labute approximate surface area is 112 Å². The van der Waals surface area contributed by atoms with Gasteiger partial charge in [0.2, 0.25) is 0 Å². The minimum Gasteiger partial charge on any atom is -0.298 e. The van der Waals surface area contributed by atoms with E-state index in [2.05, 4.69) is 4.98 Å². The molecule has 0 atom stereocenters. The first-order valence-corrected chi connectivity index (χ1v) is 6.61. The van der Waals surface area contributed by atoms with Crippen LogP contribution >= 0.6 is 0 Å². The summed E-state index contributed by atoms with van der Waals surface area (Å²) in [4.78, 5) is 39.9. The summed E-state index contributed by atoms with van der Waals surface area (Å²) in [5, 5.41) is 0. The van der Waals surface area contributed by atoms with Gasteiger partial charge in [-0.15, -0.1) is 0 Å². The lowest BCUT2D eigenvalue weighted by Gasteiger charge is -2.25. The van der Waals surface area contributed by atoms with Crippen molar-refractivity contribution in [3.8, 4) is 0 Å². The van der Waals surface area contributed by atoms with Crippen molar-refractivity contribution in [2.45, 2.75) is 38.5 Å². The molecule has 0 aromatic carbocycles. The molecular formula is C15H17NO3. The summed E-state index contributed by atoms with van der Waals surface area (Å²) in [6, 6.07) is 3.66. The predicted molar refractivity (Wildman–Crippen MR) is 69.6 cm³/mol. The van der Waals surface area contributed by atoms with Gasteiger partial charge in [-0.25, -0.2) is 0 Å². The number of nitrogens with zero attached hydrogens (tertiary/aromatic N) is 1. The van der Waals surface area contributed by atoms with E-state index in [1.54, 1.807) is 18.5 Å². The lowest BCUT2D eigenvalue weighted by Crippen LogP contribution is -2.38. The number of Topliss-reactive ketones (excluding diaryl/α,β-unsaturated/α-hetero) is 3. The van der Waals surface area contributed by atoms with Gasteiger partial charge in [-0.3, -0.25) is 19.4 Å². The smallest absolute Gasteiger partial charge is 0.151 e. The largest absolute Gasteiger partial charge is 0.298 e. The van der Waals surface area contributed by atoms with Gasteiger partial charge < -0.3 is 0 Å². The molecule has 1 aliphatic carbocycles. The molecule has 1 aliphatic rings. The second-order valence-electron chi connectivity index (χ2n) is 4.97. The molecule has 1 heterocycles. The first-order chi connectivity index (χ1) is 9.13. The SMILES string of the molecule is CCCC(=O)C1C(=O)CC(c2cccnc2)CC1=O. The van der Waals surface area contributed by atoms with Crippen molar-refractivity contribution < 1.29 is 14.4 Å². The zero-order chi connectivity index (χ0) is 13.8. The highest BCUT2D eigenvalue weighted by molar-refractivity contribution is 6.20. The van der Waals surface area contributed by atoms with Crippen LogP contribution in [0.3, 0.4) is 0 Å². The molecule has 1 saturated carbocycles. The van der Waals surface area contributed by atoms with Gasteiger partial charge in [0.25, 0.3) is 0 Å². The van der Waals surface area contributed by atoms with Gasteiger partial charge in [0, 0.05) is 31.7 Å². The highest BCUT2D eigenvalue weighted by Crippen LogP contribution is 2.32. The Morgan fingerprint density at radius 2 is 2.00 bits per heavy atom. The molecule has 19 heavy (non-hydrogen) atoms. The Balaban J connectivity index is 2.13. The zero-order valence-corrected chi connectivity index (χ0v) is 11.0. The third-order valence-electron chi connectivity index (χ3n) is 3.51. The quantitative estimate of drug-likeness (QED) is 0.776. The molecule has 100 valence electrons. The summed E-state index contributed by atoms with van der Waals surface area (Å²) < 4.78 is 0. The average molecular weight is 259 g/mol. The Hall–Kier alpha value is -1.84. The third kappa shape index (κ3) is 2.95. The van der Waals surface area contributed by atoms with E-state index in [4.69, 9.17) is 0 Å². The second-order valence-corrected chi connectivity index (χ2v) is 4.97. The standard InChI is InChI=1S/C15H17NO3/c1-2-4-12(17)15-13(18)7-11(8-14(15)19)10-5-3-6-16-9-10/h3,5-6,9,11,15H,2,4,7-8H2,1H3. The van der Waals surface area contributed by atoms with Crippen molar-refractivity contribution in [2.24, 2.45) is 5.92 Å². The molecule has 1 aromatic heterocycles. The van der Waals surface area contributed by atoms with Crippen LogP contribution in [-0.2, 0) is 14.4 Å². The van der Waals surface area contributed by atoms with Gasteiger partial charge in [-0.2, -0.15) is 0 Å². The monoisotopic (exact) mass is 259 g/mol. The summed E-state index contributed by atoms with van der Waals surface area (Å²) in [5.41, 5.74) is 0.894. The molecule has 2 rings (SSSR count). The van der Waals surface area contributed by atoms with Gasteiger partial charge in [0.1, 0.15) is 5.92 Å². The topological polar surface area (TPSA) is 64.1 Å². The van der Waals surface area contributed by atoms with Crippen molar-refractivity contribution >= 4 is 17.3 Å². The molecule has 0 radical (unpaired) electrons. The van der Waals surface area contributed by atoms with E-state index in [0.717, 1.165) is 5.56 Å². The Morgan fingerprint density at radius 3 is 2.53 bits per heavy atom. The summed E-state index contributed by atoms with van der Waals surface area (Å²) in [6.45, 7) is 1.87. The van der Waals surface area contributed by atoms with Gasteiger partial charge in [0.05, 0.1) is 0 Å². The summed E-state index contributed by atoms with van der Waals surface area (Å²) >= 11 is 0. The maximum absolute atomic E-state index is 12.0. The number of ketones is 3. The fourth-order valence-electron chi connectivity index (χ4n) is 2.58. The molecule has 0 unspecified atom stereocenters. The molecule has 0 amide bonds. The van der Waals surface area contributed by atoms with E-state index in [-0.39, 0.29) is 36.1 Å². The van der Waals surface area contributed by atoms with Crippen molar-refractivity contribution in [1.29, 1.82) is 0 Å². The fraction of sp³-hybridized carbons (Fsp3) is 0.467. The number of carbonyl (C=O) groups excluding carboxylic acids is 3. The average Bonchev–Trinajstić information content (AvgIpc) is 2.39. The van der Waals surface area contributed by atoms with Crippen molar-refractivity contribution in [1.82, 2.24) is 4.98 Å². The van der Waals surface area contributed by atoms with Crippen molar-refractivity contribution in [2.75, 3.05) is 0 Å². The number of pyridine rings is 1. The highest BCUT2D eigenvalue weighted by atomic mass is 16.2. The van der Waals surface area contributed by atoms with Gasteiger partial charge in [-0.1, -0.05) is 13.0 Å². The van der Waals surface area contributed by atoms with E-state index in [1.165, 1.54) is 0 Å². The molecule has 1 fully saturated rings. The van der Waals surface area contributed by atoms with Crippen LogP contribution in [0.1, 0.15) is 44.1 Å². The van der Waals surface area contributed by atoms with E-state index in [1.807, 2.05) is 13.0 Å². The van der Waals surface area contributed by atoms with Gasteiger partial charge in [-0.05, 0) is 24.0 Å². The molecule has 4 nitrogen and oxygen atoms in total. The minimum absolute atomic E-state index is 0.126. The lowest BCUT2D eigenvalue weighted by atomic mass is 9.75. The lowest BCUT2D eigenvalue weighted by molar-refractivity contribution is -0.142. The van der Waals surface area contributed by atoms with Crippen LogP contribution in [0.5, 0.6) is 0 Å². The third-order valence-corrected chi connectivity index (χ3v) is 3.51. The molecule has 0 spiro atoms. The van der Waals surface area contributed by atoms with E-state index < -0.39 is 5.92 Å². The maximum Gasteiger partial charge on any atom is 0.151 e. The van der Waals surface area contributed by atoms with Gasteiger partial charge >= 0.3 is 0 Å². The van der Waals surface area contributed by atoms with Crippen LogP contribution in [0.15, 0.2) is 24.5 Å². The fourth-order valence-corrected chi connectivity index (χ4v) is 2.58. The summed E-state index contributed by atoms with van der Waals surface area (Å²) in [5.74, 6) is -1.82. The molecular weight excluding hydrogens is 242 g/mol. The van der Waals surface area contributed by atoms with Crippen LogP contribution in [-0.4, -0.2) is 22.3 Å². The number of hydrogen-bond acceptors (Lipinski definition) is 4. The van der Waals surface area contributed by atoms with Crippen LogP contribution in [0.2, 0.25) is 0 Å². The molecule has 0 bridgehead atoms. The molecule has 0 N–H and O–H groups in total. The number of carbonyl (C=O) groups is 3. The van der Waals surface area contributed by atoms with E-state index >= 15 is 0 Å². The molecule has 4 heteroatoms. The number of hydrogen-bond donors (Lipinski definition) is 0. The van der Waals surface area contributed by atoms with E-state index in [9.17, 15) is 14.4 Å². The van der Waals surface area contributed by atoms with Crippen LogP contribution < -0.4 is 0 Å². The van der Waals surface area contributed by atoms with Gasteiger partial charge in [0.15, 0.2) is 17.3 Å². The minimum atomic E-state index is -1.01. The first-order valence-electron chi connectivity index (χ1n) is 6.61. The van der Waals surface area contributed by atoms with Crippen LogP contribution in [0.4, 0.5) is 0 Å². The van der Waals surface area contributed by atoms with Crippen LogP contribution in [0.25, 0.3) is 0 Å². The van der Waals surface area contributed by atoms with Crippen molar-refractivity contribution in [3.63, 3.8) is 0 Å². The van der Waals surface area contributed by atoms with E-state index in [0.29, 0.717) is 12.8 Å². The van der Waals surface area contributed by atoms with Crippen molar-refractivity contribution in [3.05, 3.63) is 30.1 Å². The zero-order valence-electron chi connectivity index (χ0n) is 11.0. The Kier molecular flexibility index (Phi) is 4.20. The molecule has 1 aromatic rings. The Bertz CT molecular complexity index is 477. The second kappa shape index (κ2) is 5.87. The molecule has 0 aliphatic heterocycles. The summed E-state index contributed by atoms with van der Waals surface area (Å²) in [6.07, 6.45) is 4.83. The molecule has 0 saturated heterocycles.